The average molecular weight is 318 g/mol. The molecule has 1 aliphatic rings. The Hall–Kier alpha value is 0.180. The fraction of sp³-hybridized carbons (Fsp3) is 0.500. The summed E-state index contributed by atoms with van der Waals surface area (Å²) in [6, 6.07) is 6.50. The molecule has 0 N–H and O–H groups in total. The molecule has 0 spiro atoms. The van der Waals surface area contributed by atoms with E-state index in [9.17, 15) is 0 Å². The first-order valence-electron chi connectivity index (χ1n) is 5.22. The van der Waals surface area contributed by atoms with Crippen molar-refractivity contribution >= 4 is 31.9 Å². The van der Waals surface area contributed by atoms with Crippen LogP contribution in [0.25, 0.3) is 0 Å². The number of hydrogen-bond donors (Lipinski definition) is 0. The standard InChI is InChI=1S/C12H14Br2/c13-10-6-7-12(14)11(8-10)9-4-2-1-3-5-9/h6-9H,1-5H2. The summed E-state index contributed by atoms with van der Waals surface area (Å²) in [5.74, 6) is 0.774. The van der Waals surface area contributed by atoms with Crippen LogP contribution in [0.3, 0.4) is 0 Å². The second-order valence-corrected chi connectivity index (χ2v) is 5.77. The highest BCUT2D eigenvalue weighted by atomic mass is 79.9. The van der Waals surface area contributed by atoms with Crippen molar-refractivity contribution in [3.8, 4) is 0 Å². The Kier molecular flexibility index (Phi) is 3.67. The molecule has 1 fully saturated rings. The van der Waals surface area contributed by atoms with Gasteiger partial charge in [-0.05, 0) is 42.5 Å². The Morgan fingerprint density at radius 3 is 2.43 bits per heavy atom. The van der Waals surface area contributed by atoms with Crippen LogP contribution in [0.2, 0.25) is 0 Å². The smallest absolute Gasteiger partial charge is 0.0210 e. The highest BCUT2D eigenvalue weighted by Gasteiger charge is 2.17. The summed E-state index contributed by atoms with van der Waals surface area (Å²) in [5.41, 5.74) is 1.49. The molecule has 76 valence electrons. The van der Waals surface area contributed by atoms with Gasteiger partial charge in [0.15, 0.2) is 0 Å². The second-order valence-electron chi connectivity index (χ2n) is 4.00. The molecule has 0 aromatic heterocycles. The lowest BCUT2D eigenvalue weighted by molar-refractivity contribution is 0.442. The van der Waals surface area contributed by atoms with Crippen molar-refractivity contribution in [3.05, 3.63) is 32.7 Å². The predicted octanol–water partition coefficient (Wildman–Crippen LogP) is 5.26. The van der Waals surface area contributed by atoms with Crippen LogP contribution >= 0.6 is 31.9 Å². The van der Waals surface area contributed by atoms with E-state index in [2.05, 4.69) is 50.1 Å². The van der Waals surface area contributed by atoms with Gasteiger partial charge in [-0.25, -0.2) is 0 Å². The summed E-state index contributed by atoms with van der Waals surface area (Å²) in [4.78, 5) is 0. The lowest BCUT2D eigenvalue weighted by Gasteiger charge is -2.23. The molecule has 0 amide bonds. The molecule has 0 atom stereocenters. The van der Waals surface area contributed by atoms with Gasteiger partial charge in [-0.1, -0.05) is 51.1 Å². The van der Waals surface area contributed by atoms with Gasteiger partial charge in [-0.3, -0.25) is 0 Å². The third kappa shape index (κ3) is 2.40. The summed E-state index contributed by atoms with van der Waals surface area (Å²) < 4.78 is 2.47. The molecular formula is C12H14Br2. The van der Waals surface area contributed by atoms with Crippen molar-refractivity contribution in [2.75, 3.05) is 0 Å². The van der Waals surface area contributed by atoms with E-state index < -0.39 is 0 Å². The van der Waals surface area contributed by atoms with Gasteiger partial charge in [0.2, 0.25) is 0 Å². The number of hydrogen-bond acceptors (Lipinski definition) is 0. The quantitative estimate of drug-likeness (QED) is 0.662. The normalized spacial score (nSPS) is 18.4. The minimum Gasteiger partial charge on any atom is -0.0533 e. The van der Waals surface area contributed by atoms with Gasteiger partial charge in [0.1, 0.15) is 0 Å². The van der Waals surface area contributed by atoms with Crippen LogP contribution in [-0.4, -0.2) is 0 Å². The monoisotopic (exact) mass is 316 g/mol. The molecule has 0 radical (unpaired) electrons. The van der Waals surface area contributed by atoms with Crippen molar-refractivity contribution in [1.82, 2.24) is 0 Å². The number of halogens is 2. The highest BCUT2D eigenvalue weighted by molar-refractivity contribution is 9.11. The average Bonchev–Trinajstić information content (AvgIpc) is 2.23. The maximum absolute atomic E-state index is 3.65. The summed E-state index contributed by atoms with van der Waals surface area (Å²) in [5, 5.41) is 0. The molecule has 0 nitrogen and oxygen atoms in total. The topological polar surface area (TPSA) is 0 Å². The van der Waals surface area contributed by atoms with Crippen molar-refractivity contribution < 1.29 is 0 Å². The minimum absolute atomic E-state index is 0.774. The molecule has 1 saturated carbocycles. The summed E-state index contributed by atoms with van der Waals surface area (Å²) in [6.45, 7) is 0. The third-order valence-electron chi connectivity index (χ3n) is 3.00. The van der Waals surface area contributed by atoms with Crippen LogP contribution in [0.1, 0.15) is 43.6 Å². The van der Waals surface area contributed by atoms with E-state index in [1.54, 1.807) is 0 Å². The molecule has 0 unspecified atom stereocenters. The van der Waals surface area contributed by atoms with Crippen LogP contribution in [0.15, 0.2) is 27.1 Å². The maximum Gasteiger partial charge on any atom is 0.0210 e. The van der Waals surface area contributed by atoms with Crippen LogP contribution in [0.4, 0.5) is 0 Å². The summed E-state index contributed by atoms with van der Waals surface area (Å²) >= 11 is 7.19. The third-order valence-corrected chi connectivity index (χ3v) is 4.22. The Morgan fingerprint density at radius 1 is 1.00 bits per heavy atom. The van der Waals surface area contributed by atoms with Gasteiger partial charge in [0.05, 0.1) is 0 Å². The van der Waals surface area contributed by atoms with Gasteiger partial charge in [0.25, 0.3) is 0 Å². The zero-order chi connectivity index (χ0) is 9.97. The lowest BCUT2D eigenvalue weighted by Crippen LogP contribution is -2.05. The van der Waals surface area contributed by atoms with Crippen molar-refractivity contribution in [2.24, 2.45) is 0 Å². The molecule has 1 aromatic rings. The Bertz CT molecular complexity index is 314. The second kappa shape index (κ2) is 4.80. The van der Waals surface area contributed by atoms with E-state index in [0.717, 1.165) is 5.92 Å². The van der Waals surface area contributed by atoms with E-state index in [1.165, 1.54) is 46.6 Å². The SMILES string of the molecule is Brc1ccc(Br)c(C2CCCCC2)c1. The zero-order valence-electron chi connectivity index (χ0n) is 8.10. The molecular weight excluding hydrogens is 304 g/mol. The van der Waals surface area contributed by atoms with Crippen LogP contribution in [0, 0.1) is 0 Å². The lowest BCUT2D eigenvalue weighted by atomic mass is 9.84. The molecule has 0 bridgehead atoms. The summed E-state index contributed by atoms with van der Waals surface area (Å²) in [6.07, 6.45) is 6.92. The van der Waals surface area contributed by atoms with Crippen molar-refractivity contribution in [2.45, 2.75) is 38.0 Å². The van der Waals surface area contributed by atoms with Gasteiger partial charge >= 0.3 is 0 Å². The predicted molar refractivity (Wildman–Crippen MR) is 67.7 cm³/mol. The van der Waals surface area contributed by atoms with E-state index in [1.807, 2.05) is 0 Å². The molecule has 1 aromatic carbocycles. The highest BCUT2D eigenvalue weighted by Crippen LogP contribution is 2.37. The van der Waals surface area contributed by atoms with Crippen molar-refractivity contribution in [3.63, 3.8) is 0 Å². The minimum atomic E-state index is 0.774. The van der Waals surface area contributed by atoms with Crippen LogP contribution in [0.5, 0.6) is 0 Å². The van der Waals surface area contributed by atoms with E-state index >= 15 is 0 Å². The van der Waals surface area contributed by atoms with Gasteiger partial charge in [-0.15, -0.1) is 0 Å². The fourth-order valence-electron chi connectivity index (χ4n) is 2.24. The maximum atomic E-state index is 3.65. The number of benzene rings is 1. The molecule has 0 heterocycles. The number of rotatable bonds is 1. The van der Waals surface area contributed by atoms with Gasteiger partial charge in [-0.2, -0.15) is 0 Å². The first kappa shape index (κ1) is 10.7. The molecule has 1 aliphatic carbocycles. The van der Waals surface area contributed by atoms with Crippen molar-refractivity contribution in [1.29, 1.82) is 0 Å². The van der Waals surface area contributed by atoms with E-state index in [4.69, 9.17) is 0 Å². The summed E-state index contributed by atoms with van der Waals surface area (Å²) in [7, 11) is 0. The molecule has 0 saturated heterocycles. The van der Waals surface area contributed by atoms with E-state index in [-0.39, 0.29) is 0 Å². The van der Waals surface area contributed by atoms with Gasteiger partial charge in [0, 0.05) is 8.95 Å². The fourth-order valence-corrected chi connectivity index (χ4v) is 3.19. The molecule has 0 aliphatic heterocycles. The Labute approximate surface area is 102 Å². The van der Waals surface area contributed by atoms with Crippen LogP contribution in [-0.2, 0) is 0 Å². The van der Waals surface area contributed by atoms with Crippen LogP contribution < -0.4 is 0 Å². The molecule has 2 rings (SSSR count). The van der Waals surface area contributed by atoms with E-state index in [0.29, 0.717) is 0 Å². The Balaban J connectivity index is 2.24. The Morgan fingerprint density at radius 2 is 1.71 bits per heavy atom. The van der Waals surface area contributed by atoms with Gasteiger partial charge < -0.3 is 0 Å². The first-order valence-corrected chi connectivity index (χ1v) is 6.81. The molecule has 14 heavy (non-hydrogen) atoms. The first-order chi connectivity index (χ1) is 6.77. The molecule has 2 heteroatoms. The zero-order valence-corrected chi connectivity index (χ0v) is 11.3. The largest absolute Gasteiger partial charge is 0.0533 e.